The fraction of sp³-hybridized carbons (Fsp3) is 0.625. The van der Waals surface area contributed by atoms with Gasteiger partial charge < -0.3 is 4.74 Å². The molecule has 0 unspecified atom stereocenters. The second-order valence-corrected chi connectivity index (χ2v) is 4.62. The Labute approximate surface area is 88.4 Å². The normalized spacial score (nSPS) is 11.1. The maximum absolute atomic E-state index is 11.8. The minimum atomic E-state index is -3.81. The summed E-state index contributed by atoms with van der Waals surface area (Å²) in [5.74, 6) is -0.525. The molecule has 15 heavy (non-hydrogen) atoms. The molecule has 0 aromatic heterocycles. The number of nitrogens with one attached hydrogen (secondary N) is 1. The van der Waals surface area contributed by atoms with Crippen molar-refractivity contribution in [1.29, 1.82) is 0 Å². The Bertz CT molecular complexity index is 326. The molecule has 0 atom stereocenters. The Kier molecular flexibility index (Phi) is 6.11. The highest BCUT2D eigenvalue weighted by molar-refractivity contribution is 7.89. The molecular weight excluding hydrogens is 225 g/mol. The number of carbonyl (C=O) groups excluding carboxylic acids is 1. The van der Waals surface area contributed by atoms with Gasteiger partial charge in [-0.25, -0.2) is 22.3 Å². The maximum atomic E-state index is 11.8. The van der Waals surface area contributed by atoms with Gasteiger partial charge in [0.25, 0.3) is 0 Å². The average Bonchev–Trinajstić information content (AvgIpc) is 2.16. The van der Waals surface area contributed by atoms with Crippen molar-refractivity contribution in [3.8, 4) is 0 Å². The fourth-order valence-corrected chi connectivity index (χ4v) is 1.16. The molecule has 0 radical (unpaired) electrons. The van der Waals surface area contributed by atoms with Gasteiger partial charge in [-0.05, 0) is 13.3 Å². The first kappa shape index (κ1) is 14.1. The summed E-state index contributed by atoms with van der Waals surface area (Å²) in [7, 11) is -3.81. The molecule has 0 spiro atoms. The molecule has 0 saturated carbocycles. The summed E-state index contributed by atoms with van der Waals surface area (Å²) in [5.41, 5.74) is 0.277. The lowest BCUT2D eigenvalue weighted by molar-refractivity contribution is -0.138. The van der Waals surface area contributed by atoms with E-state index in [9.17, 15) is 17.6 Å². The van der Waals surface area contributed by atoms with Crippen molar-refractivity contribution in [1.82, 2.24) is 4.72 Å². The van der Waals surface area contributed by atoms with E-state index in [-0.39, 0.29) is 25.1 Å². The third-order valence-corrected chi connectivity index (χ3v) is 2.30. The van der Waals surface area contributed by atoms with Gasteiger partial charge in [-0.3, -0.25) is 0 Å². The molecule has 0 fully saturated rings. The molecule has 0 rings (SSSR count). The highest BCUT2D eigenvalue weighted by Crippen LogP contribution is 1.93. The number of carbonyl (C=O) groups is 1. The van der Waals surface area contributed by atoms with Gasteiger partial charge in [0, 0.05) is 12.1 Å². The molecule has 0 bridgehead atoms. The van der Waals surface area contributed by atoms with E-state index in [1.165, 1.54) is 6.92 Å². The monoisotopic (exact) mass is 239 g/mol. The molecule has 0 saturated heterocycles. The van der Waals surface area contributed by atoms with Gasteiger partial charge >= 0.3 is 5.97 Å². The largest absolute Gasteiger partial charge is 0.462 e. The topological polar surface area (TPSA) is 72.5 Å². The summed E-state index contributed by atoms with van der Waals surface area (Å²) >= 11 is 0. The molecule has 88 valence electrons. The smallest absolute Gasteiger partial charge is 0.333 e. The van der Waals surface area contributed by atoms with E-state index in [0.717, 1.165) is 0 Å². The lowest BCUT2D eigenvalue weighted by atomic mass is 10.4. The van der Waals surface area contributed by atoms with Crippen LogP contribution in [0, 0.1) is 0 Å². The third kappa shape index (κ3) is 7.03. The van der Waals surface area contributed by atoms with Crippen molar-refractivity contribution < 1.29 is 22.3 Å². The number of esters is 1. The van der Waals surface area contributed by atoms with E-state index in [1.54, 1.807) is 0 Å². The van der Waals surface area contributed by atoms with Crippen LogP contribution in [-0.2, 0) is 19.6 Å². The van der Waals surface area contributed by atoms with Gasteiger partial charge in [0.15, 0.2) is 0 Å². The summed E-state index contributed by atoms with van der Waals surface area (Å²) in [6.45, 7) is 4.99. The lowest BCUT2D eigenvalue weighted by Crippen LogP contribution is -2.26. The predicted molar refractivity (Wildman–Crippen MR) is 53.3 cm³/mol. The number of sulfonamides is 1. The quantitative estimate of drug-likeness (QED) is 0.395. The minimum Gasteiger partial charge on any atom is -0.462 e. The van der Waals surface area contributed by atoms with Crippen molar-refractivity contribution >= 4 is 16.0 Å². The van der Waals surface area contributed by atoms with Crippen LogP contribution in [0.15, 0.2) is 12.2 Å². The second kappa shape index (κ2) is 6.52. The zero-order valence-corrected chi connectivity index (χ0v) is 9.27. The highest BCUT2D eigenvalue weighted by Gasteiger charge is 2.07. The number of alkyl halides is 1. The second-order valence-electron chi connectivity index (χ2n) is 2.89. The van der Waals surface area contributed by atoms with Crippen molar-refractivity contribution in [2.75, 3.05) is 19.2 Å². The lowest BCUT2D eigenvalue weighted by Gasteiger charge is -2.04. The molecule has 0 amide bonds. The van der Waals surface area contributed by atoms with Gasteiger partial charge in [0.2, 0.25) is 16.0 Å². The fourth-order valence-electron chi connectivity index (χ4n) is 0.626. The molecular formula is C8H14FNO4S. The Morgan fingerprint density at radius 2 is 2.13 bits per heavy atom. The van der Waals surface area contributed by atoms with E-state index in [2.05, 4.69) is 11.3 Å². The number of rotatable bonds is 7. The molecule has 5 nitrogen and oxygen atoms in total. The Hall–Kier alpha value is -0.950. The molecule has 0 heterocycles. The highest BCUT2D eigenvalue weighted by atomic mass is 32.2. The number of hydrogen-bond donors (Lipinski definition) is 1. The van der Waals surface area contributed by atoms with Crippen LogP contribution in [0.1, 0.15) is 13.3 Å². The minimum absolute atomic E-state index is 0.0374. The Morgan fingerprint density at radius 3 is 2.60 bits per heavy atom. The van der Waals surface area contributed by atoms with Crippen LogP contribution in [0.5, 0.6) is 0 Å². The first-order valence-electron chi connectivity index (χ1n) is 4.25. The molecule has 1 N–H and O–H groups in total. The predicted octanol–water partition coefficient (Wildman–Crippen LogP) is 0.342. The van der Waals surface area contributed by atoms with E-state index in [4.69, 9.17) is 0 Å². The molecule has 0 aromatic rings. The summed E-state index contributed by atoms with van der Waals surface area (Å²) < 4.78 is 39.6. The summed E-state index contributed by atoms with van der Waals surface area (Å²) in [6, 6.07) is -1.45. The van der Waals surface area contributed by atoms with E-state index in [0.29, 0.717) is 0 Å². The van der Waals surface area contributed by atoms with E-state index >= 15 is 0 Å². The van der Waals surface area contributed by atoms with Gasteiger partial charge in [-0.15, -0.1) is 0 Å². The van der Waals surface area contributed by atoms with Crippen LogP contribution in [0.4, 0.5) is 4.39 Å². The van der Waals surface area contributed by atoms with Gasteiger partial charge in [0.05, 0.1) is 6.61 Å². The number of halogens is 1. The molecule has 7 heteroatoms. The molecule has 0 aliphatic heterocycles. The SMILES string of the molecule is C=C(C)C(=O)OCCCNS(=O)(=O)CF. The van der Waals surface area contributed by atoms with Crippen molar-refractivity contribution in [2.24, 2.45) is 0 Å². The van der Waals surface area contributed by atoms with Crippen LogP contribution >= 0.6 is 0 Å². The molecule has 0 aliphatic carbocycles. The van der Waals surface area contributed by atoms with Crippen LogP contribution in [0.3, 0.4) is 0 Å². The Morgan fingerprint density at radius 1 is 1.53 bits per heavy atom. The third-order valence-electron chi connectivity index (χ3n) is 1.37. The van der Waals surface area contributed by atoms with Crippen LogP contribution < -0.4 is 4.72 Å². The summed E-state index contributed by atoms with van der Waals surface area (Å²) in [6.07, 6.45) is 0.290. The number of hydrogen-bond acceptors (Lipinski definition) is 4. The first-order chi connectivity index (χ1) is 6.89. The van der Waals surface area contributed by atoms with Gasteiger partial charge in [-0.2, -0.15) is 0 Å². The average molecular weight is 239 g/mol. The van der Waals surface area contributed by atoms with E-state index < -0.39 is 22.0 Å². The summed E-state index contributed by atoms with van der Waals surface area (Å²) in [5, 5.41) is 0. The first-order valence-corrected chi connectivity index (χ1v) is 5.90. The summed E-state index contributed by atoms with van der Waals surface area (Å²) in [4.78, 5) is 10.8. The van der Waals surface area contributed by atoms with Crippen LogP contribution in [0.25, 0.3) is 0 Å². The standard InChI is InChI=1S/C8H14FNO4S/c1-7(2)8(11)14-5-3-4-10-15(12,13)6-9/h10H,1,3-6H2,2H3. The van der Waals surface area contributed by atoms with Gasteiger partial charge in [-0.1, -0.05) is 6.58 Å². The zero-order valence-electron chi connectivity index (χ0n) is 8.45. The molecule has 0 aromatic carbocycles. The molecule has 0 aliphatic rings. The van der Waals surface area contributed by atoms with Gasteiger partial charge in [0.1, 0.15) is 0 Å². The number of ether oxygens (including phenoxy) is 1. The van der Waals surface area contributed by atoms with Crippen molar-refractivity contribution in [3.05, 3.63) is 12.2 Å². The van der Waals surface area contributed by atoms with Crippen molar-refractivity contribution in [3.63, 3.8) is 0 Å². The van der Waals surface area contributed by atoms with E-state index in [1.807, 2.05) is 4.72 Å². The van der Waals surface area contributed by atoms with Crippen LogP contribution in [0.2, 0.25) is 0 Å². The Balaban J connectivity index is 3.57. The van der Waals surface area contributed by atoms with Crippen LogP contribution in [-0.4, -0.2) is 33.5 Å². The van der Waals surface area contributed by atoms with Crippen molar-refractivity contribution in [2.45, 2.75) is 13.3 Å². The zero-order chi connectivity index (χ0) is 11.9. The maximum Gasteiger partial charge on any atom is 0.333 e.